The number of benzene rings is 1. The van der Waals surface area contributed by atoms with E-state index in [1.54, 1.807) is 0 Å². The van der Waals surface area contributed by atoms with E-state index in [9.17, 15) is 9.90 Å². The fourth-order valence-corrected chi connectivity index (χ4v) is 2.75. The largest absolute Gasteiger partial charge is 0.386 e. The predicted octanol–water partition coefficient (Wildman–Crippen LogP) is 1.34. The predicted molar refractivity (Wildman–Crippen MR) is 58.4 cm³/mol. The van der Waals surface area contributed by atoms with Crippen molar-refractivity contribution in [1.29, 1.82) is 0 Å². The van der Waals surface area contributed by atoms with Gasteiger partial charge in [0.25, 0.3) is 0 Å². The van der Waals surface area contributed by atoms with Crippen LogP contribution in [-0.2, 0) is 11.2 Å². The minimum atomic E-state index is -0.982. The Labute approximate surface area is 94.0 Å². The van der Waals surface area contributed by atoms with Gasteiger partial charge in [-0.3, -0.25) is 4.79 Å². The Hall–Kier alpha value is -1.19. The Morgan fingerprint density at radius 2 is 2.19 bits per heavy atom. The topological polar surface area (TPSA) is 46.5 Å². The molecule has 0 aromatic heterocycles. The van der Waals surface area contributed by atoms with Crippen LogP contribution in [0.15, 0.2) is 24.3 Å². The number of hydrogen-bond donors (Lipinski definition) is 1. The second-order valence-electron chi connectivity index (χ2n) is 4.66. The first-order valence-electron chi connectivity index (χ1n) is 5.67. The van der Waals surface area contributed by atoms with Crippen LogP contribution in [0.2, 0.25) is 0 Å². The summed E-state index contributed by atoms with van der Waals surface area (Å²) in [5.41, 5.74) is 0.666. The Bertz CT molecular complexity index is 441. The number of carbonyl (C=O) groups is 1. The van der Waals surface area contributed by atoms with Crippen molar-refractivity contribution in [2.75, 3.05) is 6.61 Å². The van der Waals surface area contributed by atoms with Crippen LogP contribution in [0.5, 0.6) is 0 Å². The molecule has 3 nitrogen and oxygen atoms in total. The van der Waals surface area contributed by atoms with Crippen molar-refractivity contribution >= 4 is 5.78 Å². The van der Waals surface area contributed by atoms with Crippen LogP contribution in [0.25, 0.3) is 0 Å². The van der Waals surface area contributed by atoms with Crippen LogP contribution in [0.3, 0.4) is 0 Å². The minimum absolute atomic E-state index is 0.0657. The van der Waals surface area contributed by atoms with Gasteiger partial charge in [0.1, 0.15) is 11.7 Å². The molecule has 3 heteroatoms. The summed E-state index contributed by atoms with van der Waals surface area (Å²) in [6.07, 6.45) is 1.34. The van der Waals surface area contributed by atoms with Crippen molar-refractivity contribution < 1.29 is 14.6 Å². The van der Waals surface area contributed by atoms with Crippen molar-refractivity contribution in [2.45, 2.75) is 31.0 Å². The highest BCUT2D eigenvalue weighted by molar-refractivity contribution is 6.03. The molecule has 16 heavy (non-hydrogen) atoms. The second kappa shape index (κ2) is 3.40. The van der Waals surface area contributed by atoms with E-state index in [1.165, 1.54) is 0 Å². The standard InChI is InChI=1S/C13H14O3/c14-11-10-5-2-1-4-9(10)8-13(15)6-3-7-16-12(11)13/h1-2,4-5,12,15H,3,6-8H2/t12-,13-/m0/s1. The summed E-state index contributed by atoms with van der Waals surface area (Å²) >= 11 is 0. The number of carbonyl (C=O) groups excluding carboxylic acids is 1. The molecule has 0 unspecified atom stereocenters. The van der Waals surface area contributed by atoms with E-state index in [2.05, 4.69) is 0 Å². The number of fused-ring (bicyclic) bond motifs is 2. The average Bonchev–Trinajstić information content (AvgIpc) is 2.28. The molecule has 1 heterocycles. The molecule has 1 aliphatic heterocycles. The number of rotatable bonds is 0. The molecule has 1 fully saturated rings. The van der Waals surface area contributed by atoms with Gasteiger partial charge in [-0.15, -0.1) is 0 Å². The van der Waals surface area contributed by atoms with E-state index in [0.717, 1.165) is 12.0 Å². The molecule has 2 aliphatic rings. The van der Waals surface area contributed by atoms with Crippen LogP contribution in [-0.4, -0.2) is 29.2 Å². The van der Waals surface area contributed by atoms with Crippen molar-refractivity contribution in [1.82, 2.24) is 0 Å². The monoisotopic (exact) mass is 218 g/mol. The van der Waals surface area contributed by atoms with Gasteiger partial charge in [-0.1, -0.05) is 24.3 Å². The normalized spacial score (nSPS) is 33.1. The summed E-state index contributed by atoms with van der Waals surface area (Å²) < 4.78 is 5.45. The minimum Gasteiger partial charge on any atom is -0.386 e. The fourth-order valence-electron chi connectivity index (χ4n) is 2.75. The van der Waals surface area contributed by atoms with E-state index >= 15 is 0 Å². The van der Waals surface area contributed by atoms with Gasteiger partial charge in [0, 0.05) is 18.6 Å². The third-order valence-electron chi connectivity index (χ3n) is 3.54. The smallest absolute Gasteiger partial charge is 0.194 e. The molecule has 84 valence electrons. The molecular weight excluding hydrogens is 204 g/mol. The molecule has 3 rings (SSSR count). The first-order valence-corrected chi connectivity index (χ1v) is 5.67. The molecule has 1 aliphatic carbocycles. The van der Waals surface area contributed by atoms with E-state index in [1.807, 2.05) is 24.3 Å². The Balaban J connectivity index is 2.09. The van der Waals surface area contributed by atoms with Gasteiger partial charge in [-0.25, -0.2) is 0 Å². The zero-order valence-electron chi connectivity index (χ0n) is 8.98. The maximum atomic E-state index is 12.2. The number of ether oxygens (including phenoxy) is 1. The van der Waals surface area contributed by atoms with E-state index in [0.29, 0.717) is 25.0 Å². The SMILES string of the molecule is O=C1c2ccccc2C[C@@]2(O)CCCO[C@@H]12. The first kappa shape index (κ1) is 10.00. The number of aliphatic hydroxyl groups is 1. The molecule has 0 bridgehead atoms. The quantitative estimate of drug-likeness (QED) is 0.714. The molecule has 2 atom stereocenters. The van der Waals surface area contributed by atoms with Gasteiger partial charge in [-0.2, -0.15) is 0 Å². The molecule has 0 spiro atoms. The summed E-state index contributed by atoms with van der Waals surface area (Å²) in [6.45, 7) is 0.570. The molecule has 1 saturated heterocycles. The summed E-state index contributed by atoms with van der Waals surface area (Å²) in [7, 11) is 0. The highest BCUT2D eigenvalue weighted by atomic mass is 16.5. The van der Waals surface area contributed by atoms with Crippen LogP contribution < -0.4 is 0 Å². The summed E-state index contributed by atoms with van der Waals surface area (Å²) in [5.74, 6) is -0.0657. The van der Waals surface area contributed by atoms with E-state index < -0.39 is 11.7 Å². The summed E-state index contributed by atoms with van der Waals surface area (Å²) in [5, 5.41) is 10.5. The van der Waals surface area contributed by atoms with Gasteiger partial charge in [0.05, 0.1) is 0 Å². The zero-order chi connectivity index (χ0) is 11.2. The zero-order valence-corrected chi connectivity index (χ0v) is 8.98. The molecule has 0 amide bonds. The third-order valence-corrected chi connectivity index (χ3v) is 3.54. The van der Waals surface area contributed by atoms with Gasteiger partial charge in [-0.05, 0) is 18.4 Å². The van der Waals surface area contributed by atoms with Gasteiger partial charge < -0.3 is 9.84 Å². The molecular formula is C13H14O3. The van der Waals surface area contributed by atoms with Crippen LogP contribution in [0.4, 0.5) is 0 Å². The maximum absolute atomic E-state index is 12.2. The van der Waals surface area contributed by atoms with Crippen LogP contribution in [0, 0.1) is 0 Å². The number of ketones is 1. The molecule has 1 N–H and O–H groups in total. The van der Waals surface area contributed by atoms with E-state index in [-0.39, 0.29) is 5.78 Å². The third kappa shape index (κ3) is 1.32. The first-order chi connectivity index (χ1) is 7.71. The van der Waals surface area contributed by atoms with Crippen molar-refractivity contribution in [3.63, 3.8) is 0 Å². The lowest BCUT2D eigenvalue weighted by molar-refractivity contribution is -0.126. The van der Waals surface area contributed by atoms with Crippen LogP contribution >= 0.6 is 0 Å². The summed E-state index contributed by atoms with van der Waals surface area (Å²) in [6, 6.07) is 7.48. The lowest BCUT2D eigenvalue weighted by atomic mass is 9.74. The Kier molecular flexibility index (Phi) is 2.13. The highest BCUT2D eigenvalue weighted by Gasteiger charge is 2.48. The summed E-state index contributed by atoms with van der Waals surface area (Å²) in [4.78, 5) is 12.2. The van der Waals surface area contributed by atoms with E-state index in [4.69, 9.17) is 4.74 Å². The molecule has 1 aromatic rings. The van der Waals surface area contributed by atoms with Crippen molar-refractivity contribution in [2.24, 2.45) is 0 Å². The molecule has 0 saturated carbocycles. The lowest BCUT2D eigenvalue weighted by Crippen LogP contribution is -2.56. The highest BCUT2D eigenvalue weighted by Crippen LogP contribution is 2.36. The molecule has 1 aromatic carbocycles. The van der Waals surface area contributed by atoms with Crippen molar-refractivity contribution in [3.05, 3.63) is 35.4 Å². The van der Waals surface area contributed by atoms with Gasteiger partial charge >= 0.3 is 0 Å². The Morgan fingerprint density at radius 1 is 1.38 bits per heavy atom. The Morgan fingerprint density at radius 3 is 3.06 bits per heavy atom. The maximum Gasteiger partial charge on any atom is 0.194 e. The fraction of sp³-hybridized carbons (Fsp3) is 0.462. The number of hydrogen-bond acceptors (Lipinski definition) is 3. The van der Waals surface area contributed by atoms with Crippen molar-refractivity contribution in [3.8, 4) is 0 Å². The second-order valence-corrected chi connectivity index (χ2v) is 4.66. The average molecular weight is 218 g/mol. The van der Waals surface area contributed by atoms with Gasteiger partial charge in [0.2, 0.25) is 0 Å². The molecule has 0 radical (unpaired) electrons. The number of Topliss-reactive ketones (excluding diaryl/α,β-unsaturated/α-hetero) is 1. The van der Waals surface area contributed by atoms with Gasteiger partial charge in [0.15, 0.2) is 5.78 Å². The lowest BCUT2D eigenvalue weighted by Gasteiger charge is -2.42. The van der Waals surface area contributed by atoms with Crippen LogP contribution in [0.1, 0.15) is 28.8 Å².